The molecule has 0 saturated heterocycles. The number of likely N-dealkylation sites (N-methyl/N-ethyl adjacent to an activating group) is 1. The first kappa shape index (κ1) is 23.2. The number of nitrogens with one attached hydrogen (secondary N) is 1. The van der Waals surface area contributed by atoms with Crippen LogP contribution in [0.5, 0.6) is 11.5 Å². The molecule has 1 atom stereocenters. The number of methoxy groups -OCH3 is 2. The Morgan fingerprint density at radius 3 is 2.27 bits per heavy atom. The van der Waals surface area contributed by atoms with Gasteiger partial charge in [-0.2, -0.15) is 0 Å². The van der Waals surface area contributed by atoms with Gasteiger partial charge in [-0.15, -0.1) is 0 Å². The molecule has 30 heavy (non-hydrogen) atoms. The largest absolute Gasteiger partial charge is 0.493 e. The number of carbonyl (C=O) groups is 2. The van der Waals surface area contributed by atoms with E-state index in [4.69, 9.17) is 9.47 Å². The monoisotopic (exact) mass is 416 g/mol. The molecule has 0 radical (unpaired) electrons. The van der Waals surface area contributed by atoms with Crippen LogP contribution in [-0.2, 0) is 22.6 Å². The number of ether oxygens (including phenoxy) is 2. The molecule has 0 heterocycles. The molecule has 0 aliphatic carbocycles. The van der Waals surface area contributed by atoms with E-state index < -0.39 is 6.04 Å². The summed E-state index contributed by atoms with van der Waals surface area (Å²) in [6, 6.07) is 10.8. The normalized spacial score (nSPS) is 11.5. The molecule has 0 bridgehead atoms. The molecule has 0 saturated carbocycles. The molecule has 2 amide bonds. The van der Waals surface area contributed by atoms with E-state index in [1.807, 2.05) is 19.1 Å². The maximum Gasteiger partial charge on any atom is 0.242 e. The van der Waals surface area contributed by atoms with Crippen LogP contribution in [0.15, 0.2) is 42.5 Å². The summed E-state index contributed by atoms with van der Waals surface area (Å²) in [7, 11) is 3.13. The van der Waals surface area contributed by atoms with Gasteiger partial charge >= 0.3 is 0 Å². The van der Waals surface area contributed by atoms with Crippen molar-refractivity contribution in [3.63, 3.8) is 0 Å². The van der Waals surface area contributed by atoms with Gasteiger partial charge in [0.2, 0.25) is 11.8 Å². The van der Waals surface area contributed by atoms with Gasteiger partial charge in [0, 0.05) is 19.5 Å². The summed E-state index contributed by atoms with van der Waals surface area (Å²) >= 11 is 0. The number of halogens is 1. The summed E-state index contributed by atoms with van der Waals surface area (Å²) in [6.45, 7) is 4.23. The van der Waals surface area contributed by atoms with E-state index in [-0.39, 0.29) is 30.6 Å². The average Bonchev–Trinajstić information content (AvgIpc) is 2.76. The SMILES string of the molecule is CCNC(=O)[C@H](C)N(Cc1ccc(F)cc1)C(=O)CCc1ccc(OC)c(OC)c1. The second-order valence-electron chi connectivity index (χ2n) is 6.91. The first-order chi connectivity index (χ1) is 14.4. The maximum absolute atomic E-state index is 13.2. The second-order valence-corrected chi connectivity index (χ2v) is 6.91. The molecule has 0 aliphatic rings. The molecule has 0 aliphatic heterocycles. The zero-order valence-corrected chi connectivity index (χ0v) is 17.9. The lowest BCUT2D eigenvalue weighted by atomic mass is 10.1. The zero-order valence-electron chi connectivity index (χ0n) is 17.9. The Balaban J connectivity index is 2.15. The van der Waals surface area contributed by atoms with Crippen LogP contribution in [0.3, 0.4) is 0 Å². The number of hydrogen-bond acceptors (Lipinski definition) is 4. The van der Waals surface area contributed by atoms with Crippen molar-refractivity contribution < 1.29 is 23.5 Å². The quantitative estimate of drug-likeness (QED) is 0.645. The van der Waals surface area contributed by atoms with Crippen molar-refractivity contribution in [2.24, 2.45) is 0 Å². The van der Waals surface area contributed by atoms with Crippen LogP contribution < -0.4 is 14.8 Å². The molecule has 7 heteroatoms. The van der Waals surface area contributed by atoms with Gasteiger partial charge in [0.05, 0.1) is 14.2 Å². The van der Waals surface area contributed by atoms with Gasteiger partial charge in [-0.3, -0.25) is 9.59 Å². The topological polar surface area (TPSA) is 67.9 Å². The number of amides is 2. The molecule has 1 N–H and O–H groups in total. The lowest BCUT2D eigenvalue weighted by Crippen LogP contribution is -2.47. The number of carbonyl (C=O) groups excluding carboxylic acids is 2. The second kappa shape index (κ2) is 11.2. The van der Waals surface area contributed by atoms with E-state index in [1.54, 1.807) is 39.3 Å². The number of rotatable bonds is 10. The first-order valence-electron chi connectivity index (χ1n) is 9.92. The fraction of sp³-hybridized carbons (Fsp3) is 0.391. The Kier molecular flexibility index (Phi) is 8.65. The minimum Gasteiger partial charge on any atom is -0.493 e. The lowest BCUT2D eigenvalue weighted by molar-refractivity contribution is -0.140. The fourth-order valence-corrected chi connectivity index (χ4v) is 3.12. The summed E-state index contributed by atoms with van der Waals surface area (Å²) in [5.41, 5.74) is 1.68. The third kappa shape index (κ3) is 6.20. The Labute approximate surface area is 177 Å². The highest BCUT2D eigenvalue weighted by Gasteiger charge is 2.25. The molecule has 2 rings (SSSR count). The van der Waals surface area contributed by atoms with E-state index in [9.17, 15) is 14.0 Å². The van der Waals surface area contributed by atoms with E-state index >= 15 is 0 Å². The minimum absolute atomic E-state index is 0.159. The number of hydrogen-bond donors (Lipinski definition) is 1. The van der Waals surface area contributed by atoms with Gasteiger partial charge in [-0.1, -0.05) is 18.2 Å². The third-order valence-electron chi connectivity index (χ3n) is 4.86. The first-order valence-corrected chi connectivity index (χ1v) is 9.92. The summed E-state index contributed by atoms with van der Waals surface area (Å²) in [6.07, 6.45) is 0.710. The summed E-state index contributed by atoms with van der Waals surface area (Å²) < 4.78 is 23.8. The lowest BCUT2D eigenvalue weighted by Gasteiger charge is -2.29. The van der Waals surface area contributed by atoms with E-state index in [0.717, 1.165) is 11.1 Å². The van der Waals surface area contributed by atoms with Crippen molar-refractivity contribution in [1.29, 1.82) is 0 Å². The van der Waals surface area contributed by atoms with Gasteiger partial charge in [0.15, 0.2) is 11.5 Å². The van der Waals surface area contributed by atoms with Crippen LogP contribution in [0, 0.1) is 5.82 Å². The average molecular weight is 416 g/mol. The van der Waals surface area contributed by atoms with Crippen molar-refractivity contribution in [2.75, 3.05) is 20.8 Å². The minimum atomic E-state index is -0.645. The molecule has 0 fully saturated rings. The Morgan fingerprint density at radius 1 is 1.03 bits per heavy atom. The Morgan fingerprint density at radius 2 is 1.67 bits per heavy atom. The van der Waals surface area contributed by atoms with Crippen LogP contribution in [0.1, 0.15) is 31.4 Å². The summed E-state index contributed by atoms with van der Waals surface area (Å²) in [4.78, 5) is 26.9. The predicted molar refractivity (Wildman–Crippen MR) is 113 cm³/mol. The fourth-order valence-electron chi connectivity index (χ4n) is 3.12. The molecular formula is C23H29FN2O4. The van der Waals surface area contributed by atoms with Crippen molar-refractivity contribution >= 4 is 11.8 Å². The molecule has 6 nitrogen and oxygen atoms in total. The van der Waals surface area contributed by atoms with Crippen molar-refractivity contribution in [3.05, 3.63) is 59.4 Å². The smallest absolute Gasteiger partial charge is 0.242 e. The van der Waals surface area contributed by atoms with Gasteiger partial charge in [-0.25, -0.2) is 4.39 Å². The number of aryl methyl sites for hydroxylation is 1. The van der Waals surface area contributed by atoms with E-state index in [0.29, 0.717) is 24.5 Å². The molecule has 0 spiro atoms. The highest BCUT2D eigenvalue weighted by molar-refractivity contribution is 5.87. The van der Waals surface area contributed by atoms with E-state index in [2.05, 4.69) is 5.32 Å². The molecule has 162 valence electrons. The van der Waals surface area contributed by atoms with Crippen molar-refractivity contribution in [2.45, 2.75) is 39.3 Å². The number of benzene rings is 2. The highest BCUT2D eigenvalue weighted by Crippen LogP contribution is 2.28. The molecule has 2 aromatic carbocycles. The van der Waals surface area contributed by atoms with Crippen molar-refractivity contribution in [1.82, 2.24) is 10.2 Å². The van der Waals surface area contributed by atoms with Gasteiger partial charge in [0.25, 0.3) is 0 Å². The standard InChI is InChI=1S/C23H29FN2O4/c1-5-25-23(28)16(2)26(15-18-6-10-19(24)11-7-18)22(27)13-9-17-8-12-20(29-3)21(14-17)30-4/h6-8,10-12,14,16H,5,9,13,15H2,1-4H3,(H,25,28)/t16-/m0/s1. The van der Waals surface area contributed by atoms with Gasteiger partial charge < -0.3 is 19.7 Å². The van der Waals surface area contributed by atoms with Crippen LogP contribution in [0.2, 0.25) is 0 Å². The van der Waals surface area contributed by atoms with Crippen LogP contribution >= 0.6 is 0 Å². The third-order valence-corrected chi connectivity index (χ3v) is 4.86. The molecule has 0 unspecified atom stereocenters. The molecule has 2 aromatic rings. The van der Waals surface area contributed by atoms with Crippen LogP contribution in [-0.4, -0.2) is 43.5 Å². The summed E-state index contributed by atoms with van der Waals surface area (Å²) in [5, 5.41) is 2.75. The summed E-state index contributed by atoms with van der Waals surface area (Å²) in [5.74, 6) is 0.491. The van der Waals surface area contributed by atoms with Gasteiger partial charge in [0.1, 0.15) is 11.9 Å². The van der Waals surface area contributed by atoms with Crippen LogP contribution in [0.25, 0.3) is 0 Å². The predicted octanol–water partition coefficient (Wildman–Crippen LogP) is 3.33. The molecular weight excluding hydrogens is 387 g/mol. The van der Waals surface area contributed by atoms with Crippen LogP contribution in [0.4, 0.5) is 4.39 Å². The van der Waals surface area contributed by atoms with Gasteiger partial charge in [-0.05, 0) is 55.7 Å². The number of nitrogens with zero attached hydrogens (tertiary/aromatic N) is 1. The Hall–Kier alpha value is -3.09. The highest BCUT2D eigenvalue weighted by atomic mass is 19.1. The molecule has 0 aromatic heterocycles. The van der Waals surface area contributed by atoms with Crippen molar-refractivity contribution in [3.8, 4) is 11.5 Å². The Bertz CT molecular complexity index is 855. The van der Waals surface area contributed by atoms with E-state index in [1.165, 1.54) is 17.0 Å². The zero-order chi connectivity index (χ0) is 22.1. The maximum atomic E-state index is 13.2.